The Balaban J connectivity index is 0.00000225. The first kappa shape index (κ1) is 19.4. The van der Waals surface area contributed by atoms with Crippen molar-refractivity contribution in [1.82, 2.24) is 0 Å². The van der Waals surface area contributed by atoms with Gasteiger partial charge in [0, 0.05) is 5.39 Å². The maximum atomic E-state index is 11.2. The summed E-state index contributed by atoms with van der Waals surface area (Å²) in [6.07, 6.45) is 0. The van der Waals surface area contributed by atoms with Crippen molar-refractivity contribution in [3.63, 3.8) is 0 Å². The van der Waals surface area contributed by atoms with E-state index in [0.717, 1.165) is 23.6 Å². The number of phenols is 2. The van der Waals surface area contributed by atoms with Crippen LogP contribution in [0.2, 0.25) is 0 Å². The zero-order chi connectivity index (χ0) is 17.3. The summed E-state index contributed by atoms with van der Waals surface area (Å²) in [4.78, 5) is -0.420. The van der Waals surface area contributed by atoms with Gasteiger partial charge in [-0.25, -0.2) is 0 Å². The molecule has 0 amide bonds. The molecule has 3 aromatic rings. The van der Waals surface area contributed by atoms with Gasteiger partial charge in [0.05, 0.1) is 4.90 Å². The summed E-state index contributed by atoms with van der Waals surface area (Å²) in [6, 6.07) is 13.5. The van der Waals surface area contributed by atoms with Crippen LogP contribution in [-0.2, 0) is 10.1 Å². The third-order valence-electron chi connectivity index (χ3n) is 3.38. The predicted octanol–water partition coefficient (Wildman–Crippen LogP) is 3.26. The molecule has 7 nitrogen and oxygen atoms in total. The molecule has 0 heterocycles. The van der Waals surface area contributed by atoms with Crippen LogP contribution in [0.5, 0.6) is 11.5 Å². The Labute approximate surface area is 165 Å². The van der Waals surface area contributed by atoms with E-state index in [1.807, 2.05) is 12.1 Å². The van der Waals surface area contributed by atoms with E-state index < -0.39 is 15.0 Å². The van der Waals surface area contributed by atoms with Crippen LogP contribution < -0.4 is 0 Å². The molecule has 9 heteroatoms. The van der Waals surface area contributed by atoms with Crippen molar-refractivity contribution < 1.29 is 23.2 Å². The third kappa shape index (κ3) is 4.17. The average molecular weight is 368 g/mol. The second kappa shape index (κ2) is 7.51. The fourth-order valence-electron chi connectivity index (χ4n) is 2.20. The molecule has 0 fully saturated rings. The van der Waals surface area contributed by atoms with E-state index in [0.29, 0.717) is 5.39 Å². The van der Waals surface area contributed by atoms with Crippen LogP contribution in [-0.4, -0.2) is 52.7 Å². The fraction of sp³-hybridized carbons (Fsp3) is 0. The van der Waals surface area contributed by atoms with Gasteiger partial charge in [0.15, 0.2) is 0 Å². The van der Waals surface area contributed by atoms with Gasteiger partial charge in [-0.1, -0.05) is 30.3 Å². The Morgan fingerprint density at radius 2 is 1.52 bits per heavy atom. The number of benzene rings is 3. The topological polar surface area (TPSA) is 120 Å². The van der Waals surface area contributed by atoms with Gasteiger partial charge in [-0.3, -0.25) is 4.55 Å². The molecule has 3 aromatic carbocycles. The molecule has 0 atom stereocenters. The first-order valence-electron chi connectivity index (χ1n) is 6.79. The molecule has 3 rings (SSSR count). The van der Waals surface area contributed by atoms with E-state index in [4.69, 9.17) is 4.55 Å². The Kier molecular flexibility index (Phi) is 5.81. The number of phenolic OH excluding ortho intramolecular Hbond substituents is 2. The fourth-order valence-corrected chi connectivity index (χ4v) is 2.70. The summed E-state index contributed by atoms with van der Waals surface area (Å²) in [5.74, 6) is -0.422. The summed E-state index contributed by atoms with van der Waals surface area (Å²) in [5, 5.41) is 29.0. The van der Waals surface area contributed by atoms with E-state index in [1.165, 1.54) is 6.07 Å². The van der Waals surface area contributed by atoms with Crippen LogP contribution in [0.1, 0.15) is 0 Å². The van der Waals surface area contributed by atoms with Crippen molar-refractivity contribution in [3.05, 3.63) is 54.6 Å². The summed E-state index contributed by atoms with van der Waals surface area (Å²) in [6.45, 7) is 0. The number of aromatic hydroxyl groups is 2. The summed E-state index contributed by atoms with van der Waals surface area (Å²) in [5.41, 5.74) is 0.0298. The van der Waals surface area contributed by atoms with Gasteiger partial charge >= 0.3 is 29.6 Å². The third-order valence-corrected chi connectivity index (χ3v) is 4.23. The summed E-state index contributed by atoms with van der Waals surface area (Å²) < 4.78 is 31.4. The van der Waals surface area contributed by atoms with E-state index in [2.05, 4.69) is 10.2 Å². The van der Waals surface area contributed by atoms with Crippen molar-refractivity contribution in [2.45, 2.75) is 4.90 Å². The zero-order valence-electron chi connectivity index (χ0n) is 12.2. The number of hydrogen-bond acceptors (Lipinski definition) is 6. The number of rotatable bonds is 3. The average Bonchev–Trinajstić information content (AvgIpc) is 2.54. The second-order valence-electron chi connectivity index (χ2n) is 4.98. The molecule has 0 bridgehead atoms. The molecule has 25 heavy (non-hydrogen) atoms. The number of azo groups is 1. The Bertz CT molecular complexity index is 1070. The molecule has 0 aliphatic carbocycles. The monoisotopic (exact) mass is 368 g/mol. The van der Waals surface area contributed by atoms with Gasteiger partial charge in [-0.15, -0.1) is 10.2 Å². The van der Waals surface area contributed by atoms with Gasteiger partial charge in [-0.2, -0.15) is 8.42 Å². The predicted molar refractivity (Wildman–Crippen MR) is 94.9 cm³/mol. The molecule has 0 aliphatic heterocycles. The number of fused-ring (bicyclic) bond motifs is 1. The van der Waals surface area contributed by atoms with Crippen LogP contribution in [0, 0.1) is 0 Å². The molecule has 0 radical (unpaired) electrons. The van der Waals surface area contributed by atoms with Crippen molar-refractivity contribution >= 4 is 61.8 Å². The second-order valence-corrected chi connectivity index (χ2v) is 6.40. The summed E-state index contributed by atoms with van der Waals surface area (Å²) in [7, 11) is -4.43. The number of hydrogen-bond donors (Lipinski definition) is 3. The van der Waals surface area contributed by atoms with Crippen LogP contribution in [0.15, 0.2) is 69.7 Å². The first-order chi connectivity index (χ1) is 11.4. The molecule has 0 saturated heterocycles. The quantitative estimate of drug-likeness (QED) is 0.372. The van der Waals surface area contributed by atoms with Crippen molar-refractivity contribution in [2.24, 2.45) is 10.2 Å². The molecular weight excluding hydrogens is 355 g/mol. The molecular formula is C16H13N2NaO5S. The van der Waals surface area contributed by atoms with Crippen LogP contribution >= 0.6 is 0 Å². The Morgan fingerprint density at radius 1 is 0.840 bits per heavy atom. The molecule has 124 valence electrons. The van der Waals surface area contributed by atoms with Gasteiger partial charge in [-0.05, 0) is 29.7 Å². The maximum absolute atomic E-state index is 11.2. The van der Waals surface area contributed by atoms with Crippen LogP contribution in [0.3, 0.4) is 0 Å². The normalized spacial score (nSPS) is 11.6. The van der Waals surface area contributed by atoms with Crippen molar-refractivity contribution in [1.29, 1.82) is 0 Å². The molecule has 0 unspecified atom stereocenters. The van der Waals surface area contributed by atoms with Gasteiger partial charge in [0.2, 0.25) is 0 Å². The van der Waals surface area contributed by atoms with Gasteiger partial charge in [0.1, 0.15) is 22.9 Å². The minimum atomic E-state index is -4.43. The van der Waals surface area contributed by atoms with Crippen molar-refractivity contribution in [2.75, 3.05) is 0 Å². The van der Waals surface area contributed by atoms with E-state index >= 15 is 0 Å². The van der Waals surface area contributed by atoms with E-state index in [-0.39, 0.29) is 52.4 Å². The first-order valence-corrected chi connectivity index (χ1v) is 8.23. The SMILES string of the molecule is O=S(=O)(O)c1ccc(O)c(N=Nc2c(O)ccc3ccccc23)c1.[NaH]. The van der Waals surface area contributed by atoms with E-state index in [1.54, 1.807) is 18.2 Å². The Morgan fingerprint density at radius 3 is 2.24 bits per heavy atom. The van der Waals surface area contributed by atoms with Crippen LogP contribution in [0.25, 0.3) is 10.8 Å². The van der Waals surface area contributed by atoms with Gasteiger partial charge in [0.25, 0.3) is 10.1 Å². The number of nitrogens with zero attached hydrogens (tertiary/aromatic N) is 2. The molecule has 0 saturated carbocycles. The van der Waals surface area contributed by atoms with Crippen LogP contribution in [0.4, 0.5) is 11.4 Å². The summed E-state index contributed by atoms with van der Waals surface area (Å²) >= 11 is 0. The van der Waals surface area contributed by atoms with Gasteiger partial charge < -0.3 is 10.2 Å². The molecule has 0 spiro atoms. The molecule has 0 aromatic heterocycles. The Hall–Kier alpha value is -1.97. The minimum absolute atomic E-state index is 0. The molecule has 3 N–H and O–H groups in total. The zero-order valence-corrected chi connectivity index (χ0v) is 13.0. The standard InChI is InChI=1S/C16H12N2O5S.Na.H/c19-14-8-6-11(24(21,22)23)9-13(14)17-18-16-12-4-2-1-3-10(12)5-7-15(16)20;;/h1-9,19-20H,(H,21,22,23);;. The van der Waals surface area contributed by atoms with Crippen molar-refractivity contribution in [3.8, 4) is 11.5 Å². The molecule has 0 aliphatic rings. The van der Waals surface area contributed by atoms with E-state index in [9.17, 15) is 18.6 Å².